The summed E-state index contributed by atoms with van der Waals surface area (Å²) in [6.07, 6.45) is 0. The zero-order valence-corrected chi connectivity index (χ0v) is 36.8. The Morgan fingerprint density at radius 1 is 0.254 bits per heavy atom. The lowest BCUT2D eigenvalue weighted by atomic mass is 9.67. The standard InChI is InChI=1S/C66H43N/c1-4-18-44(19-5-1)45-32-35-49(36-33-45)67(50-37-40-56-55-28-12-15-29-59(55)65(62(56)42-50,47-21-6-2-7-22-47)48-23-8-3-9-24-48)51-38-41-57-58-39-34-46-20-10-11-25-52(46)64(58)66(63(57)43-51)60-30-16-13-26-53(60)54-27-14-17-31-61(54)66/h1-43H. The average molecular weight is 850 g/mol. The minimum Gasteiger partial charge on any atom is -0.310 e. The summed E-state index contributed by atoms with van der Waals surface area (Å²) in [5.41, 5.74) is 22.9. The molecule has 3 aliphatic carbocycles. The molecule has 14 rings (SSSR count). The second kappa shape index (κ2) is 14.5. The quantitative estimate of drug-likeness (QED) is 0.161. The molecule has 1 heteroatoms. The largest absolute Gasteiger partial charge is 0.310 e. The molecule has 0 heterocycles. The van der Waals surface area contributed by atoms with Gasteiger partial charge in [0.25, 0.3) is 0 Å². The number of hydrogen-bond donors (Lipinski definition) is 0. The first kappa shape index (κ1) is 37.8. The predicted molar refractivity (Wildman–Crippen MR) is 278 cm³/mol. The van der Waals surface area contributed by atoms with E-state index >= 15 is 0 Å². The Kier molecular flexibility index (Phi) is 8.18. The molecule has 11 aromatic rings. The third-order valence-corrected chi connectivity index (χ3v) is 15.1. The highest BCUT2D eigenvalue weighted by molar-refractivity contribution is 6.04. The Morgan fingerprint density at radius 2 is 0.657 bits per heavy atom. The van der Waals surface area contributed by atoms with Gasteiger partial charge in [0.1, 0.15) is 0 Å². The molecule has 0 radical (unpaired) electrons. The fraction of sp³-hybridized carbons (Fsp3) is 0.0303. The average Bonchev–Trinajstić information content (AvgIpc) is 3.99. The van der Waals surface area contributed by atoms with E-state index in [1.165, 1.54) is 99.8 Å². The molecule has 0 bridgehead atoms. The fourth-order valence-corrected chi connectivity index (χ4v) is 12.5. The van der Waals surface area contributed by atoms with Crippen LogP contribution in [0, 0.1) is 0 Å². The van der Waals surface area contributed by atoms with Crippen LogP contribution < -0.4 is 4.90 Å². The Balaban J connectivity index is 1.05. The van der Waals surface area contributed by atoms with Crippen molar-refractivity contribution in [3.8, 4) is 44.5 Å². The number of fused-ring (bicyclic) bond motifs is 15. The minimum atomic E-state index is -0.532. The second-order valence-electron chi connectivity index (χ2n) is 18.3. The van der Waals surface area contributed by atoms with E-state index in [2.05, 4.69) is 266 Å². The van der Waals surface area contributed by atoms with Crippen LogP contribution in [-0.2, 0) is 10.8 Å². The third kappa shape index (κ3) is 5.20. The highest BCUT2D eigenvalue weighted by atomic mass is 15.1. The van der Waals surface area contributed by atoms with E-state index in [4.69, 9.17) is 0 Å². The number of hydrogen-bond acceptors (Lipinski definition) is 1. The molecule has 1 spiro atoms. The van der Waals surface area contributed by atoms with Gasteiger partial charge in [0.05, 0.1) is 10.8 Å². The molecule has 312 valence electrons. The molecule has 1 nitrogen and oxygen atoms in total. The van der Waals surface area contributed by atoms with Gasteiger partial charge in [0.2, 0.25) is 0 Å². The van der Waals surface area contributed by atoms with Crippen molar-refractivity contribution in [1.82, 2.24) is 0 Å². The van der Waals surface area contributed by atoms with Crippen LogP contribution in [0.25, 0.3) is 55.3 Å². The zero-order valence-electron chi connectivity index (χ0n) is 36.8. The van der Waals surface area contributed by atoms with Crippen molar-refractivity contribution in [1.29, 1.82) is 0 Å². The van der Waals surface area contributed by atoms with Crippen LogP contribution in [0.4, 0.5) is 17.1 Å². The first-order valence-electron chi connectivity index (χ1n) is 23.4. The van der Waals surface area contributed by atoms with Gasteiger partial charge in [0, 0.05) is 17.1 Å². The summed E-state index contributed by atoms with van der Waals surface area (Å²) in [4.78, 5) is 2.50. The van der Waals surface area contributed by atoms with Crippen LogP contribution in [0.2, 0.25) is 0 Å². The molecule has 0 saturated heterocycles. The Hall–Kier alpha value is -8.52. The maximum absolute atomic E-state index is 2.53. The van der Waals surface area contributed by atoms with Crippen molar-refractivity contribution in [2.75, 3.05) is 4.90 Å². The molecule has 11 aromatic carbocycles. The van der Waals surface area contributed by atoms with Gasteiger partial charge in [-0.25, -0.2) is 0 Å². The zero-order chi connectivity index (χ0) is 44.1. The summed E-state index contributed by atoms with van der Waals surface area (Å²) in [7, 11) is 0. The molecule has 0 aliphatic heterocycles. The number of nitrogens with zero attached hydrogens (tertiary/aromatic N) is 1. The summed E-state index contributed by atoms with van der Waals surface area (Å²) in [6.45, 7) is 0. The van der Waals surface area contributed by atoms with Crippen molar-refractivity contribution < 1.29 is 0 Å². The molecule has 0 aromatic heterocycles. The molecule has 0 unspecified atom stereocenters. The third-order valence-electron chi connectivity index (χ3n) is 15.1. The summed E-state index contributed by atoms with van der Waals surface area (Å²) >= 11 is 0. The van der Waals surface area contributed by atoms with E-state index in [1.807, 2.05) is 0 Å². The number of benzene rings is 11. The highest BCUT2D eigenvalue weighted by Gasteiger charge is 2.53. The molecule has 0 saturated carbocycles. The molecule has 0 atom stereocenters. The molecule has 67 heavy (non-hydrogen) atoms. The van der Waals surface area contributed by atoms with Crippen molar-refractivity contribution in [3.05, 3.63) is 305 Å². The minimum absolute atomic E-state index is 0.521. The van der Waals surface area contributed by atoms with Gasteiger partial charge in [-0.1, -0.05) is 224 Å². The van der Waals surface area contributed by atoms with Crippen LogP contribution in [0.3, 0.4) is 0 Å². The van der Waals surface area contributed by atoms with Gasteiger partial charge in [-0.15, -0.1) is 0 Å². The summed E-state index contributed by atoms with van der Waals surface area (Å²) < 4.78 is 0. The van der Waals surface area contributed by atoms with Crippen molar-refractivity contribution in [3.63, 3.8) is 0 Å². The van der Waals surface area contributed by atoms with Crippen LogP contribution in [0.5, 0.6) is 0 Å². The first-order valence-corrected chi connectivity index (χ1v) is 23.4. The fourth-order valence-electron chi connectivity index (χ4n) is 12.5. The van der Waals surface area contributed by atoms with Crippen LogP contribution in [0.15, 0.2) is 261 Å². The SMILES string of the molecule is c1ccc(-c2ccc(N(c3ccc4c(c3)C(c3ccccc3)(c3ccccc3)c3ccccc3-4)c3ccc4c(c3)C3(c5ccccc5-c5ccccc53)c3c-4ccc4ccccc34)cc2)cc1. The van der Waals surface area contributed by atoms with Gasteiger partial charge in [-0.3, -0.25) is 0 Å². The van der Waals surface area contributed by atoms with Crippen molar-refractivity contribution >= 4 is 27.8 Å². The van der Waals surface area contributed by atoms with Crippen LogP contribution >= 0.6 is 0 Å². The van der Waals surface area contributed by atoms with Gasteiger partial charge >= 0.3 is 0 Å². The van der Waals surface area contributed by atoms with Gasteiger partial charge in [-0.05, 0) is 136 Å². The van der Waals surface area contributed by atoms with Crippen molar-refractivity contribution in [2.45, 2.75) is 10.8 Å². The topological polar surface area (TPSA) is 3.24 Å². The Morgan fingerprint density at radius 3 is 1.24 bits per heavy atom. The Labute approximate surface area is 391 Å². The van der Waals surface area contributed by atoms with E-state index < -0.39 is 10.8 Å². The molecule has 0 fully saturated rings. The molecule has 0 N–H and O–H groups in total. The van der Waals surface area contributed by atoms with E-state index in [-0.39, 0.29) is 0 Å². The molecular formula is C66H43N. The van der Waals surface area contributed by atoms with E-state index in [1.54, 1.807) is 0 Å². The predicted octanol–water partition coefficient (Wildman–Crippen LogP) is 16.7. The van der Waals surface area contributed by atoms with Gasteiger partial charge in [-0.2, -0.15) is 0 Å². The van der Waals surface area contributed by atoms with Crippen LogP contribution in [-0.4, -0.2) is 0 Å². The maximum atomic E-state index is 2.53. The highest BCUT2D eigenvalue weighted by Crippen LogP contribution is 2.65. The van der Waals surface area contributed by atoms with Gasteiger partial charge < -0.3 is 4.90 Å². The maximum Gasteiger partial charge on any atom is 0.0732 e. The monoisotopic (exact) mass is 849 g/mol. The summed E-state index contributed by atoms with van der Waals surface area (Å²) in [5.74, 6) is 0. The first-order chi connectivity index (χ1) is 33.2. The van der Waals surface area contributed by atoms with Crippen molar-refractivity contribution in [2.24, 2.45) is 0 Å². The number of rotatable bonds is 6. The van der Waals surface area contributed by atoms with Gasteiger partial charge in [0.15, 0.2) is 0 Å². The molecule has 0 amide bonds. The Bertz CT molecular complexity index is 3650. The second-order valence-corrected chi connectivity index (χ2v) is 18.3. The van der Waals surface area contributed by atoms with E-state index in [0.717, 1.165) is 17.1 Å². The lowest BCUT2D eigenvalue weighted by Crippen LogP contribution is -2.28. The smallest absolute Gasteiger partial charge is 0.0732 e. The summed E-state index contributed by atoms with van der Waals surface area (Å²) in [5, 5.41) is 2.56. The lowest BCUT2D eigenvalue weighted by molar-refractivity contribution is 0.768. The lowest BCUT2D eigenvalue weighted by Gasteiger charge is -2.35. The molecule has 3 aliphatic rings. The normalized spacial score (nSPS) is 13.9. The van der Waals surface area contributed by atoms with E-state index in [9.17, 15) is 0 Å². The van der Waals surface area contributed by atoms with Crippen LogP contribution in [0.1, 0.15) is 44.5 Å². The molecular weight excluding hydrogens is 807 g/mol. The van der Waals surface area contributed by atoms with E-state index in [0.29, 0.717) is 0 Å². The summed E-state index contributed by atoms with van der Waals surface area (Å²) in [6, 6.07) is 97.6. The number of anilines is 3.